The van der Waals surface area contributed by atoms with Gasteiger partial charge in [0.05, 0.1) is 10.2 Å². The number of nitrogens with one attached hydrogen (secondary N) is 3. The monoisotopic (exact) mass is 410 g/mol. The zero-order valence-electron chi connectivity index (χ0n) is 17.5. The average molecular weight is 411 g/mol. The first-order valence-corrected chi connectivity index (χ1v) is 11.2. The number of piperazine rings is 1. The van der Waals surface area contributed by atoms with E-state index in [0.29, 0.717) is 6.54 Å². The molecule has 1 aliphatic rings. The van der Waals surface area contributed by atoms with Gasteiger partial charge in [0, 0.05) is 5.69 Å². The lowest BCUT2D eigenvalue weighted by Gasteiger charge is -2.29. The Labute approximate surface area is 176 Å². The number of anilines is 1. The van der Waals surface area contributed by atoms with Crippen LogP contribution in [0.15, 0.2) is 36.4 Å². The van der Waals surface area contributed by atoms with Gasteiger partial charge in [0.1, 0.15) is 37.7 Å². The normalized spacial score (nSPS) is 19.4. The van der Waals surface area contributed by atoms with Gasteiger partial charge in [-0.2, -0.15) is 0 Å². The number of thiazole rings is 1. The van der Waals surface area contributed by atoms with Crippen molar-refractivity contribution in [1.29, 1.82) is 0 Å². The van der Waals surface area contributed by atoms with E-state index in [1.807, 2.05) is 6.07 Å². The zero-order chi connectivity index (χ0) is 20.4. The minimum atomic E-state index is 0.115. The number of carbonyl (C=O) groups is 1. The Balaban J connectivity index is 1.28. The van der Waals surface area contributed by atoms with Crippen LogP contribution in [0.3, 0.4) is 0 Å². The molecular weight excluding hydrogens is 380 g/mol. The molecule has 3 aromatic rings. The van der Waals surface area contributed by atoms with E-state index in [1.54, 1.807) is 16.2 Å². The Morgan fingerprint density at radius 3 is 2.38 bits per heavy atom. The highest BCUT2D eigenvalue weighted by molar-refractivity contribution is 7.18. The second-order valence-corrected chi connectivity index (χ2v) is 9.37. The molecule has 3 N–H and O–H groups in total. The van der Waals surface area contributed by atoms with Crippen LogP contribution in [0, 0.1) is 20.8 Å². The Hall–Kier alpha value is -2.28. The van der Waals surface area contributed by atoms with Crippen LogP contribution < -0.4 is 15.1 Å². The lowest BCUT2D eigenvalue weighted by Crippen LogP contribution is -3.28. The molecule has 1 aliphatic heterocycles. The maximum Gasteiger partial charge on any atom is 0.279 e. The number of quaternary nitrogens is 2. The molecule has 1 saturated heterocycles. The summed E-state index contributed by atoms with van der Waals surface area (Å²) < 4.78 is 1.27. The first-order valence-electron chi connectivity index (χ1n) is 10.4. The first-order chi connectivity index (χ1) is 14.0. The van der Waals surface area contributed by atoms with Gasteiger partial charge in [0.15, 0.2) is 6.54 Å². The van der Waals surface area contributed by atoms with E-state index in [-0.39, 0.29) is 5.91 Å². The Kier molecular flexibility index (Phi) is 5.94. The van der Waals surface area contributed by atoms with Gasteiger partial charge in [-0.05, 0) is 44.0 Å². The number of hydrogen-bond acceptors (Lipinski definition) is 3. The van der Waals surface area contributed by atoms with Crippen molar-refractivity contribution in [2.24, 2.45) is 0 Å². The number of aryl methyl sites for hydroxylation is 3. The lowest BCUT2D eigenvalue weighted by atomic mass is 10.1. The largest absolute Gasteiger partial charge is 0.321 e. The summed E-state index contributed by atoms with van der Waals surface area (Å²) in [4.78, 5) is 20.3. The molecule has 0 unspecified atom stereocenters. The van der Waals surface area contributed by atoms with E-state index >= 15 is 0 Å². The van der Waals surface area contributed by atoms with Crippen molar-refractivity contribution in [3.63, 3.8) is 0 Å². The van der Waals surface area contributed by atoms with E-state index in [0.717, 1.165) is 55.1 Å². The van der Waals surface area contributed by atoms with Crippen molar-refractivity contribution in [3.05, 3.63) is 58.1 Å². The van der Waals surface area contributed by atoms with Crippen molar-refractivity contribution in [2.45, 2.75) is 27.3 Å². The van der Waals surface area contributed by atoms with E-state index in [2.05, 4.69) is 56.4 Å². The molecular formula is C23H30N4OS+2. The van der Waals surface area contributed by atoms with Crippen molar-refractivity contribution in [1.82, 2.24) is 4.98 Å². The molecule has 152 valence electrons. The molecule has 0 radical (unpaired) electrons. The van der Waals surface area contributed by atoms with Crippen molar-refractivity contribution in [2.75, 3.05) is 38.0 Å². The molecule has 2 aromatic carbocycles. The molecule has 1 fully saturated rings. The minimum Gasteiger partial charge on any atom is -0.321 e. The maximum atomic E-state index is 12.6. The molecule has 2 heterocycles. The van der Waals surface area contributed by atoms with Gasteiger partial charge in [0.25, 0.3) is 5.91 Å². The molecule has 1 amide bonds. The highest BCUT2D eigenvalue weighted by Gasteiger charge is 2.26. The highest BCUT2D eigenvalue weighted by atomic mass is 32.1. The summed E-state index contributed by atoms with van der Waals surface area (Å²) in [6.45, 7) is 12.0. The number of para-hydroxylation sites is 1. The summed E-state index contributed by atoms with van der Waals surface area (Å²) >= 11 is 1.80. The summed E-state index contributed by atoms with van der Waals surface area (Å²) in [5, 5.41) is 4.36. The molecule has 0 spiro atoms. The van der Waals surface area contributed by atoms with Crippen molar-refractivity contribution >= 4 is 33.1 Å². The summed E-state index contributed by atoms with van der Waals surface area (Å²) in [7, 11) is 0. The second kappa shape index (κ2) is 8.61. The summed E-state index contributed by atoms with van der Waals surface area (Å²) in [6, 6.07) is 12.6. The number of aromatic nitrogens is 1. The first kappa shape index (κ1) is 20.0. The van der Waals surface area contributed by atoms with Gasteiger partial charge in [-0.3, -0.25) is 4.79 Å². The molecule has 5 nitrogen and oxygen atoms in total. The fourth-order valence-electron chi connectivity index (χ4n) is 4.31. The average Bonchev–Trinajstić information content (AvgIpc) is 3.08. The van der Waals surface area contributed by atoms with E-state index in [4.69, 9.17) is 4.98 Å². The molecule has 1 aromatic heterocycles. The van der Waals surface area contributed by atoms with Gasteiger partial charge in [-0.1, -0.05) is 29.8 Å². The van der Waals surface area contributed by atoms with Crippen LogP contribution >= 0.6 is 11.3 Å². The number of hydrogen-bond donors (Lipinski definition) is 3. The third kappa shape index (κ3) is 4.83. The fourth-order valence-corrected chi connectivity index (χ4v) is 5.35. The standard InChI is InChI=1S/C23H28N4OS/c1-16-12-17(2)23(18(3)13-16)25-21(28)14-26-8-10-27(11-9-26)15-22-24-19-6-4-5-7-20(19)29-22/h4-7,12-13H,8-11,14-15H2,1-3H3,(H,25,28)/p+2. The van der Waals surface area contributed by atoms with Crippen molar-refractivity contribution in [3.8, 4) is 0 Å². The molecule has 0 saturated carbocycles. The number of nitrogens with zero attached hydrogens (tertiary/aromatic N) is 1. The Bertz CT molecular complexity index is 965. The molecule has 4 rings (SSSR count). The molecule has 0 bridgehead atoms. The van der Waals surface area contributed by atoms with Crippen LogP contribution in [0.25, 0.3) is 10.2 Å². The molecule has 0 aliphatic carbocycles. The van der Waals surface area contributed by atoms with E-state index in [9.17, 15) is 4.79 Å². The number of rotatable bonds is 5. The maximum absolute atomic E-state index is 12.6. The Morgan fingerprint density at radius 2 is 1.69 bits per heavy atom. The van der Waals surface area contributed by atoms with Crippen LogP contribution in [-0.4, -0.2) is 43.6 Å². The number of fused-ring (bicyclic) bond motifs is 1. The van der Waals surface area contributed by atoms with Crippen LogP contribution in [0.2, 0.25) is 0 Å². The summed E-state index contributed by atoms with van der Waals surface area (Å²) in [5.74, 6) is 0.115. The number of benzene rings is 2. The smallest absolute Gasteiger partial charge is 0.279 e. The highest BCUT2D eigenvalue weighted by Crippen LogP contribution is 2.22. The predicted molar refractivity (Wildman–Crippen MR) is 119 cm³/mol. The van der Waals surface area contributed by atoms with Gasteiger partial charge in [0.2, 0.25) is 0 Å². The van der Waals surface area contributed by atoms with Gasteiger partial charge >= 0.3 is 0 Å². The second-order valence-electron chi connectivity index (χ2n) is 8.25. The summed E-state index contributed by atoms with van der Waals surface area (Å²) in [5.41, 5.74) is 5.58. The van der Waals surface area contributed by atoms with E-state index in [1.165, 1.54) is 20.2 Å². The third-order valence-corrected chi connectivity index (χ3v) is 6.79. The predicted octanol–water partition coefficient (Wildman–Crippen LogP) is 1.14. The third-order valence-electron chi connectivity index (χ3n) is 5.76. The molecule has 0 atom stereocenters. The van der Waals surface area contributed by atoms with Crippen LogP contribution in [-0.2, 0) is 11.3 Å². The van der Waals surface area contributed by atoms with Gasteiger partial charge in [-0.15, -0.1) is 11.3 Å². The summed E-state index contributed by atoms with van der Waals surface area (Å²) in [6.07, 6.45) is 0. The van der Waals surface area contributed by atoms with Crippen LogP contribution in [0.5, 0.6) is 0 Å². The Morgan fingerprint density at radius 1 is 1.03 bits per heavy atom. The van der Waals surface area contributed by atoms with Crippen LogP contribution in [0.4, 0.5) is 5.69 Å². The van der Waals surface area contributed by atoms with Crippen LogP contribution in [0.1, 0.15) is 21.7 Å². The van der Waals surface area contributed by atoms with Gasteiger partial charge in [-0.25, -0.2) is 4.98 Å². The topological polar surface area (TPSA) is 50.9 Å². The van der Waals surface area contributed by atoms with Crippen molar-refractivity contribution < 1.29 is 14.6 Å². The van der Waals surface area contributed by atoms with E-state index < -0.39 is 0 Å². The fraction of sp³-hybridized carbons (Fsp3) is 0.391. The SMILES string of the molecule is Cc1cc(C)c(NC(=O)C[NH+]2CC[NH+](Cc3nc4ccccc4s3)CC2)c(C)c1. The molecule has 29 heavy (non-hydrogen) atoms. The number of amides is 1. The minimum absolute atomic E-state index is 0.115. The molecule has 6 heteroatoms. The quantitative estimate of drug-likeness (QED) is 0.591. The van der Waals surface area contributed by atoms with Gasteiger partial charge < -0.3 is 15.1 Å². The zero-order valence-corrected chi connectivity index (χ0v) is 18.3. The number of carbonyl (C=O) groups excluding carboxylic acids is 1. The lowest BCUT2D eigenvalue weighted by molar-refractivity contribution is -1.01.